The molecule has 0 aromatic carbocycles. The van der Waals surface area contributed by atoms with Gasteiger partial charge in [-0.1, -0.05) is 0 Å². The smallest absolute Gasteiger partial charge is 0.152 e. The highest BCUT2D eigenvalue weighted by molar-refractivity contribution is 5.86. The molecule has 60 valence electrons. The van der Waals surface area contributed by atoms with Gasteiger partial charge in [-0.3, -0.25) is 4.79 Å². The molecule has 2 rings (SSSR count). The van der Waals surface area contributed by atoms with E-state index in [2.05, 4.69) is 0 Å². The van der Waals surface area contributed by atoms with Crippen LogP contribution in [0.3, 0.4) is 0 Å². The largest absolute Gasteiger partial charge is 0.323 e. The molecule has 0 bridgehead atoms. The van der Waals surface area contributed by atoms with Crippen molar-refractivity contribution in [1.82, 2.24) is 4.40 Å². The van der Waals surface area contributed by atoms with E-state index in [9.17, 15) is 9.18 Å². The molecule has 0 saturated carbocycles. The number of hydrogen-bond donors (Lipinski definition) is 0. The van der Waals surface area contributed by atoms with E-state index < -0.39 is 0 Å². The lowest BCUT2D eigenvalue weighted by atomic mass is 10.3. The van der Waals surface area contributed by atoms with E-state index in [0.717, 1.165) is 6.29 Å². The first-order valence-corrected chi connectivity index (χ1v) is 3.52. The molecule has 0 N–H and O–H groups in total. The van der Waals surface area contributed by atoms with E-state index in [1.165, 1.54) is 12.1 Å². The molecule has 0 aliphatic heterocycles. The second-order valence-electron chi connectivity index (χ2n) is 2.53. The third kappa shape index (κ3) is 0.906. The van der Waals surface area contributed by atoms with E-state index in [4.69, 9.17) is 0 Å². The summed E-state index contributed by atoms with van der Waals surface area (Å²) in [6.07, 6.45) is 4.02. The van der Waals surface area contributed by atoms with Gasteiger partial charge in [-0.05, 0) is 18.2 Å². The van der Waals surface area contributed by atoms with Crippen molar-refractivity contribution in [2.75, 3.05) is 0 Å². The zero-order valence-electron chi connectivity index (χ0n) is 6.20. The third-order valence-corrected chi connectivity index (χ3v) is 1.78. The van der Waals surface area contributed by atoms with Gasteiger partial charge in [0.15, 0.2) is 6.29 Å². The molecule has 2 aromatic rings. The van der Waals surface area contributed by atoms with Crippen LogP contribution in [0.1, 0.15) is 10.4 Å². The summed E-state index contributed by atoms with van der Waals surface area (Å²) in [6, 6.07) is 4.34. The zero-order valence-corrected chi connectivity index (χ0v) is 6.20. The Hall–Kier alpha value is -1.64. The van der Waals surface area contributed by atoms with Crippen molar-refractivity contribution in [2.24, 2.45) is 0 Å². The lowest BCUT2D eigenvalue weighted by molar-refractivity contribution is 0.112. The molecule has 0 unspecified atom stereocenters. The van der Waals surface area contributed by atoms with Crippen molar-refractivity contribution in [3.05, 3.63) is 42.0 Å². The molecule has 0 saturated heterocycles. The number of hydrogen-bond acceptors (Lipinski definition) is 1. The van der Waals surface area contributed by atoms with Gasteiger partial charge in [0.1, 0.15) is 5.82 Å². The Morgan fingerprint density at radius 3 is 2.83 bits per heavy atom. The first kappa shape index (κ1) is 7.03. The number of carbonyl (C=O) groups excluding carboxylic acids is 1. The van der Waals surface area contributed by atoms with Crippen LogP contribution in [0.2, 0.25) is 0 Å². The predicted molar refractivity (Wildman–Crippen MR) is 42.7 cm³/mol. The van der Waals surface area contributed by atoms with Crippen molar-refractivity contribution >= 4 is 11.8 Å². The summed E-state index contributed by atoms with van der Waals surface area (Å²) in [5, 5.41) is 0. The van der Waals surface area contributed by atoms with Crippen molar-refractivity contribution < 1.29 is 9.18 Å². The number of nitrogens with zero attached hydrogens (tertiary/aromatic N) is 1. The van der Waals surface area contributed by atoms with Gasteiger partial charge in [-0.15, -0.1) is 0 Å². The molecule has 0 radical (unpaired) electrons. The van der Waals surface area contributed by atoms with Crippen LogP contribution in [0.15, 0.2) is 30.6 Å². The summed E-state index contributed by atoms with van der Waals surface area (Å²) < 4.78 is 14.4. The molecule has 0 atom stereocenters. The van der Waals surface area contributed by atoms with Crippen molar-refractivity contribution in [2.45, 2.75) is 0 Å². The number of halogens is 1. The number of rotatable bonds is 1. The maximum atomic E-state index is 12.7. The van der Waals surface area contributed by atoms with Crippen LogP contribution < -0.4 is 0 Å². The molecule has 0 fully saturated rings. The third-order valence-electron chi connectivity index (χ3n) is 1.78. The minimum Gasteiger partial charge on any atom is -0.323 e. The maximum Gasteiger partial charge on any atom is 0.152 e. The SMILES string of the molecule is O=Cc1ccn2ccc(F)cc12. The molecule has 2 nitrogen and oxygen atoms in total. The van der Waals surface area contributed by atoms with Gasteiger partial charge in [0, 0.05) is 18.0 Å². The topological polar surface area (TPSA) is 21.5 Å². The Morgan fingerprint density at radius 1 is 1.33 bits per heavy atom. The fourth-order valence-corrected chi connectivity index (χ4v) is 1.19. The lowest BCUT2D eigenvalue weighted by Gasteiger charge is -1.93. The predicted octanol–water partition coefficient (Wildman–Crippen LogP) is 1.89. The number of fused-ring (bicyclic) bond motifs is 1. The average molecular weight is 163 g/mol. The van der Waals surface area contributed by atoms with Gasteiger partial charge in [-0.2, -0.15) is 0 Å². The first-order chi connectivity index (χ1) is 5.81. The van der Waals surface area contributed by atoms with Crippen LogP contribution in [0.5, 0.6) is 0 Å². The van der Waals surface area contributed by atoms with E-state index in [1.54, 1.807) is 22.9 Å². The van der Waals surface area contributed by atoms with Crippen molar-refractivity contribution in [3.63, 3.8) is 0 Å². The van der Waals surface area contributed by atoms with Gasteiger partial charge in [-0.25, -0.2) is 4.39 Å². The van der Waals surface area contributed by atoms with Crippen LogP contribution in [0.4, 0.5) is 4.39 Å². The Labute approximate surface area is 68.2 Å². The summed E-state index contributed by atoms with van der Waals surface area (Å²) in [7, 11) is 0. The maximum absolute atomic E-state index is 12.7. The van der Waals surface area contributed by atoms with Crippen LogP contribution in [-0.2, 0) is 0 Å². The molecule has 2 heterocycles. The van der Waals surface area contributed by atoms with Crippen LogP contribution in [0.25, 0.3) is 5.52 Å². The molecular formula is C9H6FNO. The fraction of sp³-hybridized carbons (Fsp3) is 0. The van der Waals surface area contributed by atoms with E-state index in [-0.39, 0.29) is 5.82 Å². The molecular weight excluding hydrogens is 157 g/mol. The van der Waals surface area contributed by atoms with Crippen LogP contribution >= 0.6 is 0 Å². The highest BCUT2D eigenvalue weighted by Gasteiger charge is 2.00. The minimum atomic E-state index is -0.329. The second kappa shape index (κ2) is 2.44. The standard InChI is InChI=1S/C9H6FNO/c10-8-2-4-11-3-1-7(6-12)9(11)5-8/h1-6H. The summed E-state index contributed by atoms with van der Waals surface area (Å²) >= 11 is 0. The zero-order chi connectivity index (χ0) is 8.55. The van der Waals surface area contributed by atoms with E-state index in [0.29, 0.717) is 11.1 Å². The van der Waals surface area contributed by atoms with Crippen molar-refractivity contribution in [3.8, 4) is 0 Å². The van der Waals surface area contributed by atoms with Gasteiger partial charge in [0.05, 0.1) is 5.52 Å². The van der Waals surface area contributed by atoms with Crippen LogP contribution in [0, 0.1) is 5.82 Å². The molecule has 0 spiro atoms. The Bertz CT molecular complexity index is 433. The monoisotopic (exact) mass is 163 g/mol. The van der Waals surface area contributed by atoms with Crippen molar-refractivity contribution in [1.29, 1.82) is 0 Å². The quantitative estimate of drug-likeness (QED) is 0.588. The second-order valence-corrected chi connectivity index (χ2v) is 2.53. The molecule has 0 amide bonds. The normalized spacial score (nSPS) is 10.4. The van der Waals surface area contributed by atoms with E-state index in [1.807, 2.05) is 0 Å². The van der Waals surface area contributed by atoms with Gasteiger partial charge < -0.3 is 4.40 Å². The molecule has 2 aromatic heterocycles. The fourth-order valence-electron chi connectivity index (χ4n) is 1.19. The number of pyridine rings is 1. The molecule has 0 aliphatic rings. The molecule has 12 heavy (non-hydrogen) atoms. The first-order valence-electron chi connectivity index (χ1n) is 3.52. The number of aromatic nitrogens is 1. The average Bonchev–Trinajstić information content (AvgIpc) is 2.46. The molecule has 3 heteroatoms. The highest BCUT2D eigenvalue weighted by Crippen LogP contribution is 2.11. The summed E-state index contributed by atoms with van der Waals surface area (Å²) in [5.74, 6) is -0.329. The number of aldehydes is 1. The number of carbonyl (C=O) groups is 1. The van der Waals surface area contributed by atoms with Gasteiger partial charge in [0.2, 0.25) is 0 Å². The summed E-state index contributed by atoms with van der Waals surface area (Å²) in [4.78, 5) is 10.5. The van der Waals surface area contributed by atoms with Gasteiger partial charge in [0.25, 0.3) is 0 Å². The lowest BCUT2D eigenvalue weighted by Crippen LogP contribution is -1.84. The van der Waals surface area contributed by atoms with E-state index >= 15 is 0 Å². The Balaban J connectivity index is 2.83. The van der Waals surface area contributed by atoms with Crippen LogP contribution in [-0.4, -0.2) is 10.7 Å². The Kier molecular flexibility index (Phi) is 1.43. The molecule has 0 aliphatic carbocycles. The van der Waals surface area contributed by atoms with Gasteiger partial charge >= 0.3 is 0 Å². The summed E-state index contributed by atoms with van der Waals surface area (Å²) in [5.41, 5.74) is 1.11. The minimum absolute atomic E-state index is 0.329. The highest BCUT2D eigenvalue weighted by atomic mass is 19.1. The Morgan fingerprint density at radius 2 is 2.08 bits per heavy atom. The summed E-state index contributed by atoms with van der Waals surface area (Å²) in [6.45, 7) is 0.